The maximum atomic E-state index is 13.1. The Labute approximate surface area is 273 Å². The summed E-state index contributed by atoms with van der Waals surface area (Å²) in [6.07, 6.45) is -8.42. The summed E-state index contributed by atoms with van der Waals surface area (Å²) < 4.78 is 76.4. The molecule has 0 bridgehead atoms. The number of hydrogen-bond donors (Lipinski definition) is 3. The Morgan fingerprint density at radius 1 is 1.15 bits per heavy atom. The minimum absolute atomic E-state index is 0.0101. The highest BCUT2D eigenvalue weighted by atomic mass is 32.2. The number of alkyl halides is 6. The molecule has 3 aliphatic rings. The fraction of sp³-hybridized carbons (Fsp3) is 0.296. The number of nitrogens with one attached hydrogen (secondary N) is 1. The molecule has 2 atom stereocenters. The zero-order valence-electron chi connectivity index (χ0n) is 23.8. The van der Waals surface area contributed by atoms with Crippen molar-refractivity contribution in [2.45, 2.75) is 36.7 Å². The highest BCUT2D eigenvalue weighted by molar-refractivity contribution is 8.00. The van der Waals surface area contributed by atoms with Crippen LogP contribution in [0.5, 0.6) is 0 Å². The van der Waals surface area contributed by atoms with Crippen LogP contribution < -0.4 is 11.1 Å². The third-order valence-electron chi connectivity index (χ3n) is 7.13. The van der Waals surface area contributed by atoms with Crippen LogP contribution in [0.15, 0.2) is 57.7 Å². The van der Waals surface area contributed by atoms with Crippen LogP contribution in [0.2, 0.25) is 0 Å². The summed E-state index contributed by atoms with van der Waals surface area (Å²) >= 11 is 1.81. The summed E-state index contributed by atoms with van der Waals surface area (Å²) in [6, 6.07) is 2.93. The van der Waals surface area contributed by atoms with Crippen LogP contribution >= 0.6 is 23.1 Å². The molecule has 0 saturated carbocycles. The van der Waals surface area contributed by atoms with Crippen LogP contribution in [-0.4, -0.2) is 85.2 Å². The molecule has 2 saturated heterocycles. The molecule has 4 heterocycles. The molecule has 1 aromatic carbocycles. The molecule has 1 aromatic heterocycles. The Morgan fingerprint density at radius 2 is 1.83 bits per heavy atom. The summed E-state index contributed by atoms with van der Waals surface area (Å²) in [7, 11) is 0. The number of carboxylic acid groups (broad SMARTS) is 1. The van der Waals surface area contributed by atoms with Crippen molar-refractivity contribution in [3.63, 3.8) is 0 Å². The van der Waals surface area contributed by atoms with Gasteiger partial charge in [0.15, 0.2) is 10.8 Å². The number of carbonyl (C=O) groups excluding carboxylic acids is 4. The monoisotopic (exact) mass is 718 g/mol. The lowest BCUT2D eigenvalue weighted by atomic mass is 10.0. The number of nitrogen functional groups attached to an aromatic ring is 1. The third-order valence-corrected chi connectivity index (χ3v) is 9.11. The molecule has 0 aliphatic carbocycles. The zero-order valence-corrected chi connectivity index (χ0v) is 25.4. The van der Waals surface area contributed by atoms with E-state index in [0.717, 1.165) is 45.5 Å². The van der Waals surface area contributed by atoms with Crippen molar-refractivity contribution in [2.75, 3.05) is 18.0 Å². The molecule has 3 aliphatic heterocycles. The van der Waals surface area contributed by atoms with E-state index in [-0.39, 0.29) is 47.2 Å². The average molecular weight is 719 g/mol. The van der Waals surface area contributed by atoms with Crippen LogP contribution in [0.4, 0.5) is 31.5 Å². The van der Waals surface area contributed by atoms with Gasteiger partial charge in [-0.3, -0.25) is 19.3 Å². The number of nitrogens with zero attached hydrogens (tertiary/aromatic N) is 4. The molecular formula is C27H20F6N6O7S2. The minimum atomic E-state index is -5.44. The number of aliphatic carboxylic acids is 1. The van der Waals surface area contributed by atoms with E-state index in [1.54, 1.807) is 0 Å². The number of anilines is 1. The number of rotatable bonds is 8. The maximum absolute atomic E-state index is 13.1. The van der Waals surface area contributed by atoms with Gasteiger partial charge in [0, 0.05) is 29.8 Å². The van der Waals surface area contributed by atoms with Gasteiger partial charge in [0.25, 0.3) is 11.8 Å². The number of thiazole rings is 1. The van der Waals surface area contributed by atoms with Gasteiger partial charge in [0.2, 0.25) is 5.91 Å². The first-order valence-corrected chi connectivity index (χ1v) is 15.3. The summed E-state index contributed by atoms with van der Waals surface area (Å²) in [5, 5.41) is 15.3. The molecule has 2 fully saturated rings. The van der Waals surface area contributed by atoms with Crippen molar-refractivity contribution in [1.82, 2.24) is 20.1 Å². The standard InChI is InChI=1S/C27H20F6N6O7S2/c28-26(29,30)14-3-1-11(2-4-14)8-38-6-5-12(20(38)41)7-13-9-47-22-17(21(42)39(22)18(13)23(43)44)36-19(40)16(15-10-48-25(34)35-15)37-46-24(45)27(31,32)33/h1-4,7,10,17,22H,5-6,8-9H2,(H2,34,35)(H,36,40)(H,43,44)/b12-7+,37-16-/t17-,22-/m1/s1. The van der Waals surface area contributed by atoms with Gasteiger partial charge in [-0.05, 0) is 35.8 Å². The van der Waals surface area contributed by atoms with Crippen molar-refractivity contribution in [2.24, 2.45) is 5.16 Å². The Balaban J connectivity index is 1.30. The van der Waals surface area contributed by atoms with E-state index < -0.39 is 70.4 Å². The van der Waals surface area contributed by atoms with Crippen LogP contribution in [0.3, 0.4) is 0 Å². The van der Waals surface area contributed by atoms with E-state index >= 15 is 0 Å². The molecule has 5 rings (SSSR count). The lowest BCUT2D eigenvalue weighted by Gasteiger charge is -2.49. The van der Waals surface area contributed by atoms with Crippen molar-refractivity contribution in [3.8, 4) is 0 Å². The van der Waals surface area contributed by atoms with Gasteiger partial charge in [0.1, 0.15) is 22.8 Å². The number of hydrogen-bond acceptors (Lipinski definition) is 11. The van der Waals surface area contributed by atoms with Crippen molar-refractivity contribution < 1.29 is 60.3 Å². The Morgan fingerprint density at radius 3 is 2.42 bits per heavy atom. The van der Waals surface area contributed by atoms with Crippen molar-refractivity contribution in [3.05, 3.63) is 69.4 Å². The number of amides is 3. The van der Waals surface area contributed by atoms with E-state index in [4.69, 9.17) is 5.73 Å². The zero-order chi connectivity index (χ0) is 35.1. The Kier molecular flexibility index (Phi) is 9.28. The van der Waals surface area contributed by atoms with Crippen LogP contribution in [-0.2, 0) is 41.5 Å². The van der Waals surface area contributed by atoms with Gasteiger partial charge in [0.05, 0.1) is 5.56 Å². The van der Waals surface area contributed by atoms with E-state index in [1.807, 2.05) is 0 Å². The number of allylic oxidation sites excluding steroid dienone is 1. The highest BCUT2D eigenvalue weighted by Crippen LogP contribution is 2.41. The number of nitrogens with two attached hydrogens (primary N) is 1. The first kappa shape index (κ1) is 34.4. The lowest BCUT2D eigenvalue weighted by Crippen LogP contribution is -2.71. The number of benzene rings is 1. The number of fused-ring (bicyclic) bond motifs is 1. The molecule has 4 N–H and O–H groups in total. The van der Waals surface area contributed by atoms with Gasteiger partial charge in [-0.2, -0.15) is 26.3 Å². The van der Waals surface area contributed by atoms with Crippen LogP contribution in [0.1, 0.15) is 23.2 Å². The molecule has 48 heavy (non-hydrogen) atoms. The first-order chi connectivity index (χ1) is 22.5. The number of thioether (sulfide) groups is 1. The molecule has 2 aromatic rings. The van der Waals surface area contributed by atoms with E-state index in [0.29, 0.717) is 5.56 Å². The fourth-order valence-corrected chi connectivity index (χ4v) is 6.74. The van der Waals surface area contributed by atoms with E-state index in [2.05, 4.69) is 20.3 Å². The second-order valence-electron chi connectivity index (χ2n) is 10.3. The molecule has 3 amide bonds. The van der Waals surface area contributed by atoms with Gasteiger partial charge in [-0.1, -0.05) is 17.3 Å². The minimum Gasteiger partial charge on any atom is -0.477 e. The highest BCUT2D eigenvalue weighted by Gasteiger charge is 2.54. The largest absolute Gasteiger partial charge is 0.493 e. The number of oxime groups is 1. The smallest absolute Gasteiger partial charge is 0.477 e. The third kappa shape index (κ3) is 7.00. The predicted molar refractivity (Wildman–Crippen MR) is 154 cm³/mol. The summed E-state index contributed by atoms with van der Waals surface area (Å²) in [4.78, 5) is 72.5. The number of aromatic nitrogens is 1. The second kappa shape index (κ2) is 12.9. The fourth-order valence-electron chi connectivity index (χ4n) is 4.88. The molecule has 0 radical (unpaired) electrons. The second-order valence-corrected chi connectivity index (χ2v) is 12.3. The average Bonchev–Trinajstić information content (AvgIpc) is 3.59. The number of carbonyl (C=O) groups is 5. The summed E-state index contributed by atoms with van der Waals surface area (Å²) in [5.74, 6) is -6.93. The van der Waals surface area contributed by atoms with Gasteiger partial charge < -0.3 is 25.9 Å². The SMILES string of the molecule is Nc1nc(/C(=N/OC(=O)C(F)(F)F)C(=O)N[C@@H]2C(=O)N3C(C(=O)O)=C(/C=C4\CCN(Cc5ccc(C(F)(F)F)cc5)C4=O)CS[C@H]23)cs1. The van der Waals surface area contributed by atoms with Crippen molar-refractivity contribution >= 4 is 63.6 Å². The number of β-lactam (4-membered cyclic amide) rings is 1. The maximum Gasteiger partial charge on any atom is 0.493 e. The van der Waals surface area contributed by atoms with Gasteiger partial charge in [-0.25, -0.2) is 14.6 Å². The van der Waals surface area contributed by atoms with Gasteiger partial charge >= 0.3 is 24.3 Å². The molecule has 254 valence electrons. The quantitative estimate of drug-likeness (QED) is 0.0916. The molecule has 0 spiro atoms. The molecule has 21 heteroatoms. The van der Waals surface area contributed by atoms with Crippen LogP contribution in [0, 0.1) is 0 Å². The summed E-state index contributed by atoms with van der Waals surface area (Å²) in [6.45, 7) is 0.219. The molecular weight excluding hydrogens is 698 g/mol. The lowest BCUT2D eigenvalue weighted by molar-refractivity contribution is -0.199. The first-order valence-electron chi connectivity index (χ1n) is 13.4. The number of carboxylic acids is 1. The van der Waals surface area contributed by atoms with E-state index in [1.165, 1.54) is 23.1 Å². The number of halogens is 6. The molecule has 13 nitrogen and oxygen atoms in total. The van der Waals surface area contributed by atoms with E-state index in [9.17, 15) is 55.4 Å². The molecule has 0 unspecified atom stereocenters. The predicted octanol–water partition coefficient (Wildman–Crippen LogP) is 2.65. The topological polar surface area (TPSA) is 185 Å². The van der Waals surface area contributed by atoms with Gasteiger partial charge in [-0.15, -0.1) is 23.1 Å². The Hall–Kier alpha value is -4.92. The van der Waals surface area contributed by atoms with Crippen LogP contribution in [0.25, 0.3) is 0 Å². The normalized spacial score (nSPS) is 21.0. The Bertz CT molecular complexity index is 1790. The number of likely N-dealkylation sites (tertiary alicyclic amines) is 1. The van der Waals surface area contributed by atoms with Crippen molar-refractivity contribution in [1.29, 1.82) is 0 Å². The summed E-state index contributed by atoms with van der Waals surface area (Å²) in [5.41, 5.74) is 3.72.